The van der Waals surface area contributed by atoms with E-state index in [1.807, 2.05) is 39.0 Å². The normalized spacial score (nSPS) is 28.5. The van der Waals surface area contributed by atoms with E-state index < -0.39 is 17.1 Å². The van der Waals surface area contributed by atoms with Crippen molar-refractivity contribution in [3.63, 3.8) is 0 Å². The number of hydrogen-bond donors (Lipinski definition) is 1. The lowest BCUT2D eigenvalue weighted by Gasteiger charge is -2.33. The van der Waals surface area contributed by atoms with E-state index in [2.05, 4.69) is 0 Å². The number of fused-ring (bicyclic) bond motifs is 1. The Hall–Kier alpha value is -1.23. The van der Waals surface area contributed by atoms with Gasteiger partial charge in [0.05, 0.1) is 16.7 Å². The number of carbonyl (C=O) groups is 1. The van der Waals surface area contributed by atoms with Crippen molar-refractivity contribution < 1.29 is 14.6 Å². The minimum absolute atomic E-state index is 0.0170. The number of nitrogens with zero attached hydrogens (tertiary/aromatic N) is 1. The summed E-state index contributed by atoms with van der Waals surface area (Å²) in [4.78, 5) is 13.8. The molecule has 1 aromatic rings. The van der Waals surface area contributed by atoms with Crippen LogP contribution < -0.4 is 0 Å². The average molecular weight is 370 g/mol. The summed E-state index contributed by atoms with van der Waals surface area (Å²) in [5, 5.41) is 11.0. The molecule has 2 unspecified atom stereocenters. The highest BCUT2D eigenvalue weighted by Crippen LogP contribution is 2.67. The number of aliphatic hydroxyl groups is 1. The van der Waals surface area contributed by atoms with Crippen LogP contribution in [-0.4, -0.2) is 34.9 Å². The number of carbonyl (C=O) groups excluding carboxylic acids is 1. The molecule has 1 aliphatic carbocycles. The average Bonchev–Trinajstić information content (AvgIpc) is 3.18. The van der Waals surface area contributed by atoms with Gasteiger partial charge in [-0.3, -0.25) is 4.90 Å². The summed E-state index contributed by atoms with van der Waals surface area (Å²) in [6.07, 6.45) is 4.07. The van der Waals surface area contributed by atoms with Crippen molar-refractivity contribution in [2.75, 3.05) is 13.2 Å². The number of rotatable bonds is 2. The van der Waals surface area contributed by atoms with Gasteiger partial charge in [-0.25, -0.2) is 4.79 Å². The fourth-order valence-corrected chi connectivity index (χ4v) is 3.79. The highest BCUT2D eigenvalue weighted by atomic mass is 35.5. The van der Waals surface area contributed by atoms with Gasteiger partial charge in [0.1, 0.15) is 5.60 Å². The van der Waals surface area contributed by atoms with Crippen molar-refractivity contribution in [3.05, 3.63) is 46.1 Å². The van der Waals surface area contributed by atoms with Gasteiger partial charge >= 0.3 is 6.09 Å². The third-order valence-corrected chi connectivity index (χ3v) is 5.56. The molecule has 1 N–H and O–H groups in total. The molecule has 0 radical (unpaired) electrons. The van der Waals surface area contributed by atoms with Crippen molar-refractivity contribution in [3.8, 4) is 0 Å². The monoisotopic (exact) mass is 369 g/mol. The van der Waals surface area contributed by atoms with Gasteiger partial charge in [-0.15, -0.1) is 0 Å². The van der Waals surface area contributed by atoms with Gasteiger partial charge in [0, 0.05) is 23.6 Å². The molecule has 0 spiro atoms. The van der Waals surface area contributed by atoms with Gasteiger partial charge in [-0.2, -0.15) is 0 Å². The number of ether oxygens (including phenoxy) is 1. The van der Waals surface area contributed by atoms with Crippen LogP contribution in [0.25, 0.3) is 0 Å². The summed E-state index contributed by atoms with van der Waals surface area (Å²) < 4.78 is 5.42. The highest BCUT2D eigenvalue weighted by molar-refractivity contribution is 6.42. The van der Waals surface area contributed by atoms with Gasteiger partial charge in [0.25, 0.3) is 0 Å². The third kappa shape index (κ3) is 2.81. The van der Waals surface area contributed by atoms with Crippen LogP contribution in [0.15, 0.2) is 30.5 Å². The second kappa shape index (κ2) is 5.65. The quantitative estimate of drug-likeness (QED) is 0.841. The van der Waals surface area contributed by atoms with Crippen LogP contribution in [0, 0.1) is 5.41 Å². The van der Waals surface area contributed by atoms with Gasteiger partial charge in [0.2, 0.25) is 0 Å². The van der Waals surface area contributed by atoms with Crippen LogP contribution >= 0.6 is 23.2 Å². The number of amides is 1. The van der Waals surface area contributed by atoms with E-state index in [4.69, 9.17) is 27.9 Å². The molecule has 2 aliphatic rings. The fourth-order valence-electron chi connectivity index (χ4n) is 3.49. The number of halogens is 2. The smallest absolute Gasteiger partial charge is 0.414 e. The topological polar surface area (TPSA) is 49.8 Å². The molecular formula is C18H21Cl2NO3. The molecule has 0 bridgehead atoms. The van der Waals surface area contributed by atoms with Crippen LogP contribution in [0.3, 0.4) is 0 Å². The van der Waals surface area contributed by atoms with Gasteiger partial charge in [-0.05, 0) is 44.9 Å². The van der Waals surface area contributed by atoms with Crippen molar-refractivity contribution >= 4 is 29.3 Å². The predicted octanol–water partition coefficient (Wildman–Crippen LogP) is 4.38. The van der Waals surface area contributed by atoms with E-state index in [9.17, 15) is 9.90 Å². The minimum atomic E-state index is -0.556. The Morgan fingerprint density at radius 3 is 2.62 bits per heavy atom. The molecule has 2 atom stereocenters. The molecule has 6 heteroatoms. The van der Waals surface area contributed by atoms with Crippen molar-refractivity contribution in [2.24, 2.45) is 5.41 Å². The van der Waals surface area contributed by atoms with E-state index >= 15 is 0 Å². The maximum absolute atomic E-state index is 12.3. The predicted molar refractivity (Wildman–Crippen MR) is 94.4 cm³/mol. The van der Waals surface area contributed by atoms with Crippen LogP contribution in [-0.2, 0) is 10.2 Å². The number of aliphatic hydroxyl groups excluding tert-OH is 1. The molecule has 1 amide bonds. The molecule has 1 saturated carbocycles. The van der Waals surface area contributed by atoms with Crippen molar-refractivity contribution in [1.82, 2.24) is 4.90 Å². The number of hydrogen-bond acceptors (Lipinski definition) is 3. The second-order valence-corrected chi connectivity index (χ2v) is 8.45. The first-order valence-electron chi connectivity index (χ1n) is 7.88. The minimum Gasteiger partial charge on any atom is -0.443 e. The SMILES string of the molecule is CC(C)(C)OC(=O)N1C=CC2(c3ccc(Cl)c(Cl)c3)CC2(CO)C1. The van der Waals surface area contributed by atoms with E-state index in [0.29, 0.717) is 16.6 Å². The van der Waals surface area contributed by atoms with E-state index in [1.165, 1.54) is 4.90 Å². The summed E-state index contributed by atoms with van der Waals surface area (Å²) in [5.41, 5.74) is -0.269. The second-order valence-electron chi connectivity index (χ2n) is 7.64. The standard InChI is InChI=1S/C18H21Cl2NO3/c1-16(2,3)24-15(23)21-7-6-18(9-17(18,10-21)11-22)12-4-5-13(19)14(20)8-12/h4-8,22H,9-11H2,1-3H3. The number of benzene rings is 1. The zero-order valence-electron chi connectivity index (χ0n) is 14.0. The largest absolute Gasteiger partial charge is 0.443 e. The number of allylic oxidation sites excluding steroid dienone is 1. The summed E-state index contributed by atoms with van der Waals surface area (Å²) in [5.74, 6) is 0. The summed E-state index contributed by atoms with van der Waals surface area (Å²) in [6, 6.07) is 5.54. The van der Waals surface area contributed by atoms with E-state index in [1.54, 1.807) is 12.3 Å². The molecule has 4 nitrogen and oxygen atoms in total. The van der Waals surface area contributed by atoms with Crippen LogP contribution in [0.2, 0.25) is 10.0 Å². The summed E-state index contributed by atoms with van der Waals surface area (Å²) in [7, 11) is 0. The zero-order valence-corrected chi connectivity index (χ0v) is 15.5. The molecule has 1 aliphatic heterocycles. The Kier molecular flexibility index (Phi) is 4.14. The Balaban J connectivity index is 1.89. The lowest BCUT2D eigenvalue weighted by atomic mass is 9.84. The van der Waals surface area contributed by atoms with E-state index in [-0.39, 0.29) is 12.0 Å². The van der Waals surface area contributed by atoms with Crippen molar-refractivity contribution in [2.45, 2.75) is 38.2 Å². The zero-order chi connectivity index (χ0) is 17.8. The summed E-state index contributed by atoms with van der Waals surface area (Å²) in [6.45, 7) is 5.89. The van der Waals surface area contributed by atoms with Crippen LogP contribution in [0.5, 0.6) is 0 Å². The Labute approximate surface area is 152 Å². The van der Waals surface area contributed by atoms with Gasteiger partial charge in [0.15, 0.2) is 0 Å². The molecule has 0 aromatic heterocycles. The molecule has 24 heavy (non-hydrogen) atoms. The lowest BCUT2D eigenvalue weighted by molar-refractivity contribution is 0.0260. The van der Waals surface area contributed by atoms with Crippen LogP contribution in [0.1, 0.15) is 32.8 Å². The molecule has 1 aromatic carbocycles. The maximum atomic E-state index is 12.3. The first-order valence-corrected chi connectivity index (χ1v) is 8.63. The molecular weight excluding hydrogens is 349 g/mol. The molecule has 0 saturated heterocycles. The van der Waals surface area contributed by atoms with Gasteiger partial charge in [-0.1, -0.05) is 35.3 Å². The lowest BCUT2D eigenvalue weighted by Crippen LogP contribution is -2.42. The van der Waals surface area contributed by atoms with E-state index in [0.717, 1.165) is 12.0 Å². The Morgan fingerprint density at radius 2 is 2.04 bits per heavy atom. The first-order chi connectivity index (χ1) is 11.1. The van der Waals surface area contributed by atoms with Gasteiger partial charge < -0.3 is 9.84 Å². The molecule has 3 rings (SSSR count). The first kappa shape index (κ1) is 17.6. The highest BCUT2D eigenvalue weighted by Gasteiger charge is 2.68. The maximum Gasteiger partial charge on any atom is 0.414 e. The Morgan fingerprint density at radius 1 is 1.33 bits per heavy atom. The molecule has 1 fully saturated rings. The summed E-state index contributed by atoms with van der Waals surface area (Å²) >= 11 is 12.2. The van der Waals surface area contributed by atoms with Crippen LogP contribution in [0.4, 0.5) is 4.79 Å². The third-order valence-electron chi connectivity index (χ3n) is 4.82. The van der Waals surface area contributed by atoms with Crippen molar-refractivity contribution in [1.29, 1.82) is 0 Å². The Bertz CT molecular complexity index is 713. The fraction of sp³-hybridized carbons (Fsp3) is 0.500. The molecule has 1 heterocycles. The molecule has 130 valence electrons.